The first-order valence-corrected chi connectivity index (χ1v) is 24.4. The van der Waals surface area contributed by atoms with Crippen molar-refractivity contribution >= 4 is 98.0 Å². The van der Waals surface area contributed by atoms with Crippen molar-refractivity contribution in [3.63, 3.8) is 0 Å². The summed E-state index contributed by atoms with van der Waals surface area (Å²) in [5.74, 6) is 0.0372. The van der Waals surface area contributed by atoms with Crippen molar-refractivity contribution < 1.29 is 48.8 Å². The molecule has 0 heterocycles. The molecule has 0 spiro atoms. The third-order valence-corrected chi connectivity index (χ3v) is 12.8. The highest BCUT2D eigenvalue weighted by Crippen LogP contribution is 2.43. The van der Waals surface area contributed by atoms with Gasteiger partial charge >= 0.3 is 0 Å². The molecular formula is C45H40N10O11S3. The fourth-order valence-corrected chi connectivity index (χ4v) is 8.46. The zero-order chi connectivity index (χ0) is 49.8. The van der Waals surface area contributed by atoms with E-state index >= 15 is 0 Å². The van der Waals surface area contributed by atoms with Gasteiger partial charge in [-0.25, -0.2) is 0 Å². The van der Waals surface area contributed by atoms with Crippen molar-refractivity contribution in [3.05, 3.63) is 138 Å². The number of aromatic hydroxyl groups is 1. The Balaban J connectivity index is 1.03. The van der Waals surface area contributed by atoms with Gasteiger partial charge in [0.1, 0.15) is 26.9 Å². The lowest BCUT2D eigenvalue weighted by molar-refractivity contribution is 0.347. The number of anilines is 2. The molecule has 0 aromatic heterocycles. The van der Waals surface area contributed by atoms with Gasteiger partial charge < -0.3 is 20.9 Å². The van der Waals surface area contributed by atoms with E-state index in [1.165, 1.54) is 6.07 Å². The number of phenols is 1. The summed E-state index contributed by atoms with van der Waals surface area (Å²) in [5, 5.41) is 48.5. The van der Waals surface area contributed by atoms with Crippen molar-refractivity contribution in [1.29, 1.82) is 0 Å². The summed E-state index contributed by atoms with van der Waals surface area (Å²) in [6, 6.07) is 28.7. The molecule has 0 radical (unpaired) electrons. The number of benzene rings is 7. The smallest absolute Gasteiger partial charge is 0.296 e. The van der Waals surface area contributed by atoms with Crippen LogP contribution in [0.1, 0.15) is 22.3 Å². The molecule has 69 heavy (non-hydrogen) atoms. The van der Waals surface area contributed by atoms with Crippen LogP contribution in [0.15, 0.2) is 171 Å². The van der Waals surface area contributed by atoms with Crippen LogP contribution in [0.25, 0.3) is 10.8 Å². The predicted molar refractivity (Wildman–Crippen MR) is 256 cm³/mol. The Morgan fingerprint density at radius 1 is 0.522 bits per heavy atom. The zero-order valence-electron chi connectivity index (χ0n) is 36.7. The highest BCUT2D eigenvalue weighted by atomic mass is 32.2. The standard InChI is InChI=1S/C45H40N10O11S3/c1-25-16-33(9-13-37(25)50-48-32-10-14-38(26(2)17-32)51-52-39-15-11-35(67(57,58)59)23-42(39)68(60,61)62)49-53-40-18-28(4)41(19-27(40)3)54-55-44-43(69(63,64)65)21-29-20-31(8-12-36(29)45(44)56)47-24-66-34-7-5-6-30(46)22-34/h5-23,47,56H,24,46H2,1-4H3,(H,57,58,59)(H,60,61,62)(H,63,64,65). The van der Waals surface area contributed by atoms with Gasteiger partial charge in [0.05, 0.1) is 39.0 Å². The number of hydrogen-bond donors (Lipinski definition) is 6. The summed E-state index contributed by atoms with van der Waals surface area (Å²) in [5.41, 5.74) is 11.3. The summed E-state index contributed by atoms with van der Waals surface area (Å²) in [6.07, 6.45) is 0. The zero-order valence-corrected chi connectivity index (χ0v) is 39.2. The van der Waals surface area contributed by atoms with Crippen LogP contribution < -0.4 is 15.8 Å². The second-order valence-electron chi connectivity index (χ2n) is 15.3. The number of phenolic OH excluding ortho intramolecular Hbond substituents is 1. The molecule has 24 heteroatoms. The topological polar surface area (TPSA) is 330 Å². The molecule has 0 aliphatic heterocycles. The number of nitrogens with one attached hydrogen (secondary N) is 1. The van der Waals surface area contributed by atoms with E-state index in [4.69, 9.17) is 10.5 Å². The highest BCUT2D eigenvalue weighted by molar-refractivity contribution is 7.87. The molecule has 7 aromatic rings. The van der Waals surface area contributed by atoms with Crippen molar-refractivity contribution in [2.24, 2.45) is 40.9 Å². The Morgan fingerprint density at radius 2 is 1.06 bits per heavy atom. The van der Waals surface area contributed by atoms with E-state index in [1.54, 1.807) is 112 Å². The Hall–Kier alpha value is -7.87. The van der Waals surface area contributed by atoms with E-state index in [-0.39, 0.29) is 17.8 Å². The molecule has 0 aliphatic rings. The van der Waals surface area contributed by atoms with E-state index < -0.39 is 56.5 Å². The van der Waals surface area contributed by atoms with E-state index in [9.17, 15) is 44.0 Å². The first kappa shape index (κ1) is 49.0. The number of hydrogen-bond acceptors (Lipinski definition) is 18. The molecule has 7 rings (SSSR count). The van der Waals surface area contributed by atoms with Crippen LogP contribution >= 0.6 is 0 Å². The first-order valence-electron chi connectivity index (χ1n) is 20.1. The molecule has 0 amide bonds. The lowest BCUT2D eigenvalue weighted by atomic mass is 10.1. The Kier molecular flexibility index (Phi) is 14.1. The summed E-state index contributed by atoms with van der Waals surface area (Å²) in [4.78, 5) is -2.26. The van der Waals surface area contributed by atoms with Crippen molar-refractivity contribution in [2.75, 3.05) is 17.8 Å². The minimum Gasteiger partial charge on any atom is -0.505 e. The van der Waals surface area contributed by atoms with Crippen LogP contribution in [-0.4, -0.2) is 50.7 Å². The molecule has 0 saturated carbocycles. The number of azo groups is 4. The molecule has 0 atom stereocenters. The van der Waals surface area contributed by atoms with Gasteiger partial charge in [0.2, 0.25) is 0 Å². The van der Waals surface area contributed by atoms with Crippen molar-refractivity contribution in [2.45, 2.75) is 42.4 Å². The Labute approximate surface area is 395 Å². The van der Waals surface area contributed by atoms with Crippen LogP contribution in [0.4, 0.5) is 56.9 Å². The fraction of sp³-hybridized carbons (Fsp3) is 0.111. The number of ether oxygens (including phenoxy) is 1. The van der Waals surface area contributed by atoms with Gasteiger partial charge in [-0.05, 0) is 158 Å². The summed E-state index contributed by atoms with van der Waals surface area (Å²) < 4.78 is 106. The molecule has 0 saturated heterocycles. The first-order chi connectivity index (χ1) is 32.5. The molecule has 21 nitrogen and oxygen atoms in total. The molecule has 0 bridgehead atoms. The van der Waals surface area contributed by atoms with Crippen LogP contribution in [0.5, 0.6) is 11.5 Å². The molecule has 354 valence electrons. The SMILES string of the molecule is Cc1cc(N=Nc2cc(C)c(N=Nc3c(S(=O)(=O)O)cc4cc(NCOc5cccc(N)c5)ccc4c3O)cc2C)ccc1N=Nc1ccc(N=Nc2ccc(S(=O)(=O)O)cc2S(=O)(=O)O)c(C)c1. The minimum absolute atomic E-state index is 0.0572. The van der Waals surface area contributed by atoms with E-state index in [0.29, 0.717) is 79.4 Å². The van der Waals surface area contributed by atoms with Crippen LogP contribution in [0, 0.1) is 27.7 Å². The normalized spacial score (nSPS) is 12.6. The molecular weight excluding hydrogens is 953 g/mol. The quantitative estimate of drug-likeness (QED) is 0.0241. The number of rotatable bonds is 15. The molecule has 0 aliphatic carbocycles. The maximum absolute atomic E-state index is 12.5. The number of nitrogens with two attached hydrogens (primary N) is 1. The maximum Gasteiger partial charge on any atom is 0.296 e. The van der Waals surface area contributed by atoms with Crippen LogP contribution in [-0.2, 0) is 30.4 Å². The molecule has 0 fully saturated rings. The summed E-state index contributed by atoms with van der Waals surface area (Å²) in [6.45, 7) is 7.08. The third kappa shape index (κ3) is 12.0. The lowest BCUT2D eigenvalue weighted by Gasteiger charge is -2.12. The van der Waals surface area contributed by atoms with Crippen molar-refractivity contribution in [1.82, 2.24) is 0 Å². The Morgan fingerprint density at radius 3 is 1.62 bits per heavy atom. The second-order valence-corrected chi connectivity index (χ2v) is 19.5. The number of fused-ring (bicyclic) bond motifs is 1. The summed E-state index contributed by atoms with van der Waals surface area (Å²) >= 11 is 0. The highest BCUT2D eigenvalue weighted by Gasteiger charge is 2.23. The van der Waals surface area contributed by atoms with Crippen LogP contribution in [0.2, 0.25) is 0 Å². The maximum atomic E-state index is 12.5. The monoisotopic (exact) mass is 992 g/mol. The van der Waals surface area contributed by atoms with E-state index in [1.807, 2.05) is 6.92 Å². The van der Waals surface area contributed by atoms with Gasteiger partial charge in [0.15, 0.2) is 12.5 Å². The number of aryl methyl sites for hydroxylation is 4. The van der Waals surface area contributed by atoms with Gasteiger partial charge in [-0.3, -0.25) is 13.7 Å². The molecule has 7 N–H and O–H groups in total. The largest absolute Gasteiger partial charge is 0.505 e. The molecule has 0 unspecified atom stereocenters. The van der Waals surface area contributed by atoms with Gasteiger partial charge in [-0.1, -0.05) is 6.07 Å². The number of nitrogen functional groups attached to an aromatic ring is 1. The third-order valence-electron chi connectivity index (χ3n) is 10.2. The molecule has 7 aromatic carbocycles. The fourth-order valence-electron chi connectivity index (χ4n) is 6.57. The van der Waals surface area contributed by atoms with E-state index in [2.05, 4.69) is 46.2 Å². The average molecular weight is 993 g/mol. The van der Waals surface area contributed by atoms with Gasteiger partial charge in [0.25, 0.3) is 30.4 Å². The van der Waals surface area contributed by atoms with E-state index in [0.717, 1.165) is 17.7 Å². The minimum atomic E-state index is -4.93. The number of nitrogens with zero attached hydrogens (tertiary/aromatic N) is 8. The van der Waals surface area contributed by atoms with Gasteiger partial charge in [-0.15, -0.1) is 10.2 Å². The van der Waals surface area contributed by atoms with Gasteiger partial charge in [-0.2, -0.15) is 55.9 Å². The average Bonchev–Trinajstić information content (AvgIpc) is 3.27. The lowest BCUT2D eigenvalue weighted by Crippen LogP contribution is -2.08. The predicted octanol–water partition coefficient (Wildman–Crippen LogP) is 12.2. The van der Waals surface area contributed by atoms with Crippen LogP contribution in [0.3, 0.4) is 0 Å². The van der Waals surface area contributed by atoms with Crippen molar-refractivity contribution in [3.8, 4) is 11.5 Å². The second kappa shape index (κ2) is 19.8. The summed E-state index contributed by atoms with van der Waals surface area (Å²) in [7, 11) is -14.6. The van der Waals surface area contributed by atoms with Gasteiger partial charge in [0, 0.05) is 22.8 Å². The Bertz CT molecular complexity index is 3660.